The molecule has 0 aliphatic carbocycles. The summed E-state index contributed by atoms with van der Waals surface area (Å²) in [4.78, 5) is 28.6. The molecule has 1 N–H and O–H groups in total. The van der Waals surface area contributed by atoms with Crippen LogP contribution in [0.25, 0.3) is 0 Å². The van der Waals surface area contributed by atoms with E-state index in [1.807, 2.05) is 52.0 Å². The minimum absolute atomic E-state index is 0.0459. The molecule has 0 saturated heterocycles. The monoisotopic (exact) mass is 647 g/mol. The number of carbonyl (C=O) groups is 2. The second-order valence-corrected chi connectivity index (χ2v) is 13.1. The molecule has 2 atom stereocenters. The number of aryl methyl sites for hydroxylation is 2. The van der Waals surface area contributed by atoms with Crippen molar-refractivity contribution in [1.82, 2.24) is 10.2 Å². The molecule has 0 fully saturated rings. The summed E-state index contributed by atoms with van der Waals surface area (Å²) in [5.74, 6) is -0.840. The number of amides is 2. The van der Waals surface area contributed by atoms with Crippen molar-refractivity contribution in [1.29, 1.82) is 0 Å². The van der Waals surface area contributed by atoms with Gasteiger partial charge in [0.2, 0.25) is 11.8 Å². The topological polar surface area (TPSA) is 86.8 Å². The highest BCUT2D eigenvalue weighted by Crippen LogP contribution is 2.29. The lowest BCUT2D eigenvalue weighted by Crippen LogP contribution is -2.52. The number of anilines is 1. The molecular weight excluding hydrogens is 614 g/mol. The Bertz CT molecular complexity index is 1450. The molecule has 0 radical (unpaired) electrons. The zero-order valence-corrected chi connectivity index (χ0v) is 26.5. The Hall–Kier alpha value is -2.88. The van der Waals surface area contributed by atoms with Crippen molar-refractivity contribution < 1.29 is 18.0 Å². The Kier molecular flexibility index (Phi) is 10.8. The van der Waals surface area contributed by atoms with Crippen LogP contribution in [0.15, 0.2) is 76.1 Å². The summed E-state index contributed by atoms with van der Waals surface area (Å²) in [6, 6.07) is 17.8. The summed E-state index contributed by atoms with van der Waals surface area (Å²) in [6.07, 6.45) is 0.732. The Morgan fingerprint density at radius 2 is 1.60 bits per heavy atom. The van der Waals surface area contributed by atoms with Gasteiger partial charge in [-0.1, -0.05) is 70.3 Å². The van der Waals surface area contributed by atoms with E-state index in [4.69, 9.17) is 11.6 Å². The van der Waals surface area contributed by atoms with Crippen molar-refractivity contribution in [3.05, 3.63) is 92.9 Å². The van der Waals surface area contributed by atoms with E-state index < -0.39 is 28.5 Å². The molecule has 0 aliphatic heterocycles. The second-order valence-electron chi connectivity index (χ2n) is 9.90. The molecule has 0 heterocycles. The van der Waals surface area contributed by atoms with E-state index in [-0.39, 0.29) is 29.1 Å². The molecular formula is C30H35BrClN3O4S. The van der Waals surface area contributed by atoms with Crippen LogP contribution in [0.2, 0.25) is 5.02 Å². The summed E-state index contributed by atoms with van der Waals surface area (Å²) in [5.41, 5.74) is 2.73. The number of nitrogens with zero attached hydrogens (tertiary/aromatic N) is 2. The number of hydrogen-bond acceptors (Lipinski definition) is 4. The number of halogens is 2. The first-order valence-corrected chi connectivity index (χ1v) is 15.6. The van der Waals surface area contributed by atoms with Gasteiger partial charge in [-0.2, -0.15) is 0 Å². The first-order chi connectivity index (χ1) is 18.8. The third-order valence-corrected chi connectivity index (χ3v) is 9.49. The number of sulfonamides is 1. The third kappa shape index (κ3) is 7.86. The van der Waals surface area contributed by atoms with Gasteiger partial charge in [-0.3, -0.25) is 13.9 Å². The van der Waals surface area contributed by atoms with Crippen molar-refractivity contribution in [2.75, 3.05) is 10.8 Å². The van der Waals surface area contributed by atoms with Gasteiger partial charge in [-0.05, 0) is 81.6 Å². The predicted molar refractivity (Wildman–Crippen MR) is 164 cm³/mol. The zero-order chi connectivity index (χ0) is 29.6. The highest BCUT2D eigenvalue weighted by atomic mass is 79.9. The predicted octanol–water partition coefficient (Wildman–Crippen LogP) is 6.25. The molecule has 40 heavy (non-hydrogen) atoms. The molecule has 0 aliphatic rings. The molecule has 10 heteroatoms. The Labute approximate surface area is 250 Å². The first kappa shape index (κ1) is 31.6. The summed E-state index contributed by atoms with van der Waals surface area (Å²) in [7, 11) is -4.16. The molecule has 3 aromatic rings. The maximum atomic E-state index is 14.0. The lowest BCUT2D eigenvalue weighted by atomic mass is 10.1. The molecule has 7 nitrogen and oxygen atoms in total. The molecule has 0 spiro atoms. The standard InChI is InChI=1S/C30H35BrClN3O4S/c1-6-22(4)33-30(37)23(5)34(18-24-10-12-25(31)13-11-24)29(36)19-35(26-14-9-21(3)28(32)17-26)40(38,39)27-15-7-20(2)8-16-27/h7-17,22-23H,6,18-19H2,1-5H3,(H,33,37). The second kappa shape index (κ2) is 13.7. The minimum atomic E-state index is -4.16. The van der Waals surface area contributed by atoms with Crippen LogP contribution in [0.4, 0.5) is 5.69 Å². The van der Waals surface area contributed by atoms with Crippen LogP contribution < -0.4 is 9.62 Å². The SMILES string of the molecule is CCC(C)NC(=O)C(C)N(Cc1ccc(Br)cc1)C(=O)CN(c1ccc(C)c(Cl)c1)S(=O)(=O)c1ccc(C)cc1. The lowest BCUT2D eigenvalue weighted by Gasteiger charge is -2.32. The first-order valence-electron chi connectivity index (χ1n) is 13.0. The van der Waals surface area contributed by atoms with Crippen LogP contribution in [0.1, 0.15) is 43.9 Å². The van der Waals surface area contributed by atoms with Crippen LogP contribution in [-0.2, 0) is 26.2 Å². The van der Waals surface area contributed by atoms with Crippen LogP contribution in [0.5, 0.6) is 0 Å². The summed E-state index contributed by atoms with van der Waals surface area (Å²) < 4.78 is 29.8. The highest BCUT2D eigenvalue weighted by molar-refractivity contribution is 9.10. The van der Waals surface area contributed by atoms with Crippen molar-refractivity contribution in [2.45, 2.75) is 64.6 Å². The number of rotatable bonds is 11. The number of hydrogen-bond donors (Lipinski definition) is 1. The molecule has 0 bridgehead atoms. The molecule has 2 unspecified atom stereocenters. The van der Waals surface area contributed by atoms with E-state index >= 15 is 0 Å². The fourth-order valence-corrected chi connectivity index (χ4v) is 5.78. The average molecular weight is 649 g/mol. The van der Waals surface area contributed by atoms with E-state index in [1.165, 1.54) is 23.1 Å². The Balaban J connectivity index is 2.04. The molecule has 0 saturated carbocycles. The maximum absolute atomic E-state index is 14.0. The Morgan fingerprint density at radius 1 is 0.975 bits per heavy atom. The number of benzene rings is 3. The van der Waals surface area contributed by atoms with E-state index in [0.717, 1.165) is 31.9 Å². The van der Waals surface area contributed by atoms with Crippen molar-refractivity contribution in [2.24, 2.45) is 0 Å². The van der Waals surface area contributed by atoms with E-state index in [0.29, 0.717) is 5.02 Å². The van der Waals surface area contributed by atoms with Gasteiger partial charge < -0.3 is 10.2 Å². The van der Waals surface area contributed by atoms with Crippen LogP contribution in [0.3, 0.4) is 0 Å². The van der Waals surface area contributed by atoms with E-state index in [9.17, 15) is 18.0 Å². The van der Waals surface area contributed by atoms with Gasteiger partial charge >= 0.3 is 0 Å². The van der Waals surface area contributed by atoms with Gasteiger partial charge in [0.15, 0.2) is 0 Å². The van der Waals surface area contributed by atoms with Crippen molar-refractivity contribution in [3.63, 3.8) is 0 Å². The number of nitrogens with one attached hydrogen (secondary N) is 1. The molecule has 3 aromatic carbocycles. The Morgan fingerprint density at radius 3 is 2.17 bits per heavy atom. The van der Waals surface area contributed by atoms with Gasteiger partial charge in [0.05, 0.1) is 10.6 Å². The fraction of sp³-hybridized carbons (Fsp3) is 0.333. The number of carbonyl (C=O) groups excluding carboxylic acids is 2. The normalized spacial score (nSPS) is 12.9. The summed E-state index contributed by atoms with van der Waals surface area (Å²) in [5, 5.41) is 3.31. The van der Waals surface area contributed by atoms with Crippen molar-refractivity contribution in [3.8, 4) is 0 Å². The largest absolute Gasteiger partial charge is 0.352 e. The maximum Gasteiger partial charge on any atom is 0.264 e. The third-order valence-electron chi connectivity index (χ3n) is 6.77. The van der Waals surface area contributed by atoms with Gasteiger partial charge in [-0.15, -0.1) is 0 Å². The lowest BCUT2D eigenvalue weighted by molar-refractivity contribution is -0.139. The molecule has 214 valence electrons. The van der Waals surface area contributed by atoms with E-state index in [2.05, 4.69) is 21.2 Å². The smallest absolute Gasteiger partial charge is 0.264 e. The van der Waals surface area contributed by atoms with E-state index in [1.54, 1.807) is 31.2 Å². The van der Waals surface area contributed by atoms with Crippen LogP contribution in [0, 0.1) is 13.8 Å². The molecule has 2 amide bonds. The van der Waals surface area contributed by atoms with Gasteiger partial charge in [0.25, 0.3) is 10.0 Å². The van der Waals surface area contributed by atoms with Crippen LogP contribution in [-0.4, -0.2) is 43.8 Å². The molecule has 0 aromatic heterocycles. The minimum Gasteiger partial charge on any atom is -0.352 e. The zero-order valence-electron chi connectivity index (χ0n) is 23.3. The highest BCUT2D eigenvalue weighted by Gasteiger charge is 2.33. The van der Waals surface area contributed by atoms with Gasteiger partial charge in [0, 0.05) is 22.1 Å². The quantitative estimate of drug-likeness (QED) is 0.267. The molecule has 3 rings (SSSR count). The summed E-state index contributed by atoms with van der Waals surface area (Å²) in [6.45, 7) is 8.78. The van der Waals surface area contributed by atoms with Gasteiger partial charge in [-0.25, -0.2) is 8.42 Å². The van der Waals surface area contributed by atoms with Gasteiger partial charge in [0.1, 0.15) is 12.6 Å². The average Bonchev–Trinajstić information content (AvgIpc) is 2.92. The fourth-order valence-electron chi connectivity index (χ4n) is 3.94. The van der Waals surface area contributed by atoms with Crippen molar-refractivity contribution >= 4 is 55.1 Å². The summed E-state index contributed by atoms with van der Waals surface area (Å²) >= 11 is 9.79. The van der Waals surface area contributed by atoms with Crippen LogP contribution >= 0.6 is 27.5 Å².